The highest BCUT2D eigenvalue weighted by Gasteiger charge is 2.52. The van der Waals surface area contributed by atoms with E-state index in [9.17, 15) is 0 Å². The van der Waals surface area contributed by atoms with Gasteiger partial charge in [0.15, 0.2) is 14.1 Å². The SMILES string of the molecule is COc1ccc2c(c1)CC=C1CC3(CCC12CO[Si](C)(C)C(C)(C)C)OCCO3. The highest BCUT2D eigenvalue weighted by molar-refractivity contribution is 6.74. The van der Waals surface area contributed by atoms with Gasteiger partial charge < -0.3 is 18.6 Å². The van der Waals surface area contributed by atoms with Gasteiger partial charge in [0, 0.05) is 24.9 Å². The molecule has 4 rings (SSSR count). The molecule has 0 amide bonds. The lowest BCUT2D eigenvalue weighted by molar-refractivity contribution is -0.174. The molecule has 0 aromatic heterocycles. The van der Waals surface area contributed by atoms with E-state index in [-0.39, 0.29) is 10.5 Å². The number of ether oxygens (including phenoxy) is 3. The van der Waals surface area contributed by atoms with Gasteiger partial charge in [-0.1, -0.05) is 38.5 Å². The van der Waals surface area contributed by atoms with Gasteiger partial charge >= 0.3 is 0 Å². The predicted octanol–water partition coefficient (Wildman–Crippen LogP) is 5.36. The first-order chi connectivity index (χ1) is 13.6. The third kappa shape index (κ3) is 3.60. The van der Waals surface area contributed by atoms with Crippen LogP contribution in [-0.4, -0.2) is 41.0 Å². The van der Waals surface area contributed by atoms with Crippen molar-refractivity contribution in [1.29, 1.82) is 0 Å². The Hall–Kier alpha value is -1.14. The van der Waals surface area contributed by atoms with Crippen molar-refractivity contribution in [3.63, 3.8) is 0 Å². The van der Waals surface area contributed by atoms with Crippen molar-refractivity contribution >= 4 is 8.32 Å². The Morgan fingerprint density at radius 2 is 1.83 bits per heavy atom. The Kier molecular flexibility index (Phi) is 5.26. The number of fused-ring (bicyclic) bond motifs is 3. The average Bonchev–Trinajstić information content (AvgIpc) is 3.13. The molecule has 1 unspecified atom stereocenters. The highest BCUT2D eigenvalue weighted by Crippen LogP contribution is 2.53. The van der Waals surface area contributed by atoms with Gasteiger partial charge in [-0.25, -0.2) is 0 Å². The Balaban J connectivity index is 1.71. The van der Waals surface area contributed by atoms with E-state index in [1.165, 1.54) is 16.7 Å². The van der Waals surface area contributed by atoms with Crippen LogP contribution in [-0.2, 0) is 25.7 Å². The second kappa shape index (κ2) is 7.22. The zero-order valence-electron chi connectivity index (χ0n) is 18.9. The van der Waals surface area contributed by atoms with E-state index in [1.807, 2.05) is 0 Å². The van der Waals surface area contributed by atoms with Crippen molar-refractivity contribution in [2.24, 2.45) is 0 Å². The van der Waals surface area contributed by atoms with Gasteiger partial charge in [-0.05, 0) is 54.2 Å². The molecule has 1 saturated heterocycles. The molecule has 1 saturated carbocycles. The number of benzene rings is 1. The van der Waals surface area contributed by atoms with Crippen LogP contribution >= 0.6 is 0 Å². The summed E-state index contributed by atoms with van der Waals surface area (Å²) in [7, 11) is -0.126. The zero-order valence-corrected chi connectivity index (χ0v) is 19.9. The van der Waals surface area contributed by atoms with Crippen molar-refractivity contribution in [3.8, 4) is 5.75 Å². The lowest BCUT2D eigenvalue weighted by Gasteiger charge is -2.50. The van der Waals surface area contributed by atoms with Gasteiger partial charge in [-0.3, -0.25) is 0 Å². The molecule has 1 aromatic carbocycles. The third-order valence-corrected chi connectivity index (χ3v) is 12.2. The largest absolute Gasteiger partial charge is 0.497 e. The van der Waals surface area contributed by atoms with Gasteiger partial charge in [0.25, 0.3) is 0 Å². The van der Waals surface area contributed by atoms with Crippen molar-refractivity contribution in [3.05, 3.63) is 41.0 Å². The summed E-state index contributed by atoms with van der Waals surface area (Å²) in [6.45, 7) is 13.8. The monoisotopic (exact) mass is 416 g/mol. The Bertz CT molecular complexity index is 802. The number of rotatable bonds is 4. The minimum absolute atomic E-state index is 0.0874. The second-order valence-electron chi connectivity index (χ2n) is 10.4. The van der Waals surface area contributed by atoms with Crippen LogP contribution in [0.3, 0.4) is 0 Å². The summed E-state index contributed by atoms with van der Waals surface area (Å²) in [4.78, 5) is 0. The summed E-state index contributed by atoms with van der Waals surface area (Å²) < 4.78 is 24.5. The molecule has 160 valence electrons. The quantitative estimate of drug-likeness (QED) is 0.489. The van der Waals surface area contributed by atoms with Crippen LogP contribution in [0.5, 0.6) is 5.75 Å². The Labute approximate surface area is 176 Å². The fourth-order valence-electron chi connectivity index (χ4n) is 4.76. The van der Waals surface area contributed by atoms with Gasteiger partial charge in [0.2, 0.25) is 0 Å². The molecule has 1 heterocycles. The smallest absolute Gasteiger partial charge is 0.192 e. The molecule has 2 fully saturated rings. The lowest BCUT2D eigenvalue weighted by atomic mass is 9.61. The van der Waals surface area contributed by atoms with E-state index >= 15 is 0 Å². The van der Waals surface area contributed by atoms with Crippen LogP contribution in [0.2, 0.25) is 18.1 Å². The summed E-state index contributed by atoms with van der Waals surface area (Å²) in [5, 5.41) is 0.193. The van der Waals surface area contributed by atoms with Gasteiger partial charge in [-0.15, -0.1) is 0 Å². The number of hydrogen-bond acceptors (Lipinski definition) is 4. The zero-order chi connectivity index (χ0) is 20.9. The van der Waals surface area contributed by atoms with Crippen molar-refractivity contribution in [2.75, 3.05) is 26.9 Å². The average molecular weight is 417 g/mol. The topological polar surface area (TPSA) is 36.9 Å². The van der Waals surface area contributed by atoms with Crippen LogP contribution in [0, 0.1) is 0 Å². The first-order valence-corrected chi connectivity index (χ1v) is 13.8. The van der Waals surface area contributed by atoms with Gasteiger partial charge in [0.05, 0.1) is 20.3 Å². The summed E-state index contributed by atoms with van der Waals surface area (Å²) in [5.41, 5.74) is 4.11. The molecule has 29 heavy (non-hydrogen) atoms. The summed E-state index contributed by atoms with van der Waals surface area (Å²) in [6, 6.07) is 6.57. The van der Waals surface area contributed by atoms with Crippen molar-refractivity contribution in [1.82, 2.24) is 0 Å². The highest BCUT2D eigenvalue weighted by atomic mass is 28.4. The van der Waals surface area contributed by atoms with E-state index in [4.69, 9.17) is 18.6 Å². The van der Waals surface area contributed by atoms with Crippen LogP contribution in [0.15, 0.2) is 29.8 Å². The minimum Gasteiger partial charge on any atom is -0.497 e. The van der Waals surface area contributed by atoms with E-state index in [0.717, 1.165) is 38.0 Å². The molecule has 1 aromatic rings. The van der Waals surface area contributed by atoms with Crippen molar-refractivity contribution in [2.45, 2.75) is 75.8 Å². The van der Waals surface area contributed by atoms with Crippen LogP contribution in [0.1, 0.15) is 51.2 Å². The van der Waals surface area contributed by atoms with Crippen LogP contribution < -0.4 is 4.74 Å². The Morgan fingerprint density at radius 1 is 1.10 bits per heavy atom. The maximum atomic E-state index is 6.84. The lowest BCUT2D eigenvalue weighted by Crippen LogP contribution is -2.51. The molecule has 3 aliphatic rings. The molecule has 1 spiro atoms. The van der Waals surface area contributed by atoms with E-state index in [2.05, 4.69) is 58.1 Å². The molecule has 0 bridgehead atoms. The molecule has 0 N–H and O–H groups in total. The first-order valence-electron chi connectivity index (χ1n) is 10.9. The molecule has 5 heteroatoms. The fourth-order valence-corrected chi connectivity index (χ4v) is 5.80. The second-order valence-corrected chi connectivity index (χ2v) is 15.2. The molecule has 2 aliphatic carbocycles. The van der Waals surface area contributed by atoms with E-state index in [0.29, 0.717) is 13.2 Å². The predicted molar refractivity (Wildman–Crippen MR) is 118 cm³/mol. The summed E-state index contributed by atoms with van der Waals surface area (Å²) >= 11 is 0. The van der Waals surface area contributed by atoms with Gasteiger partial charge in [-0.2, -0.15) is 0 Å². The molecule has 0 radical (unpaired) electrons. The number of allylic oxidation sites excluding steroid dienone is 1. The molecule has 4 nitrogen and oxygen atoms in total. The van der Waals surface area contributed by atoms with E-state index < -0.39 is 14.1 Å². The van der Waals surface area contributed by atoms with Crippen LogP contribution in [0.25, 0.3) is 0 Å². The summed E-state index contributed by atoms with van der Waals surface area (Å²) in [6.07, 6.45) is 6.09. The Morgan fingerprint density at radius 3 is 2.48 bits per heavy atom. The standard InChI is InChI=1S/C24H36O4Si/c1-22(2,3)29(5,6)28-17-23-11-12-24(26-13-14-27-24)16-19(23)8-7-18-15-20(25-4)9-10-21(18)23/h8-10,15H,7,11-14,16-17H2,1-6H3. The van der Waals surface area contributed by atoms with Gasteiger partial charge in [0.1, 0.15) is 5.75 Å². The number of hydrogen-bond donors (Lipinski definition) is 0. The number of methoxy groups -OCH3 is 1. The normalized spacial score (nSPS) is 26.1. The maximum absolute atomic E-state index is 6.84. The molecular formula is C24H36O4Si. The third-order valence-electron chi connectivity index (χ3n) is 7.70. The molecular weight excluding hydrogens is 380 g/mol. The summed E-state index contributed by atoms with van der Waals surface area (Å²) in [5.74, 6) is 0.506. The minimum atomic E-state index is -1.86. The fraction of sp³-hybridized carbons (Fsp3) is 0.667. The van der Waals surface area contributed by atoms with Crippen molar-refractivity contribution < 1.29 is 18.6 Å². The van der Waals surface area contributed by atoms with E-state index in [1.54, 1.807) is 7.11 Å². The molecule has 1 aliphatic heterocycles. The molecule has 1 atom stereocenters. The first kappa shape index (κ1) is 21.1. The van der Waals surface area contributed by atoms with Crippen LogP contribution in [0.4, 0.5) is 0 Å². The maximum Gasteiger partial charge on any atom is 0.192 e.